The molecule has 138 valence electrons. The molecule has 1 aromatic carbocycles. The van der Waals surface area contributed by atoms with Crippen LogP contribution < -0.4 is 14.8 Å². The molecule has 2 aliphatic rings. The molecule has 1 atom stereocenters. The molecule has 0 saturated carbocycles. The maximum atomic E-state index is 5.62. The van der Waals surface area contributed by atoms with Gasteiger partial charge in [-0.1, -0.05) is 0 Å². The molecule has 25 heavy (non-hydrogen) atoms. The summed E-state index contributed by atoms with van der Waals surface area (Å²) < 4.78 is 17.3. The molecule has 3 rings (SSSR count). The average Bonchev–Trinajstić information content (AvgIpc) is 3.25. The van der Waals surface area contributed by atoms with Crippen LogP contribution in [0.5, 0.6) is 11.5 Å². The molecule has 2 fully saturated rings. The van der Waals surface area contributed by atoms with Crippen LogP contribution in [0.1, 0.15) is 18.4 Å². The van der Waals surface area contributed by atoms with Crippen molar-refractivity contribution in [1.82, 2.24) is 10.2 Å². The number of guanidine groups is 1. The molecule has 0 bridgehead atoms. The monoisotopic (exact) mass is 411 g/mol. The van der Waals surface area contributed by atoms with Crippen molar-refractivity contribution in [2.24, 2.45) is 10.4 Å². The normalized spacial score (nSPS) is 23.4. The number of hydrogen-bond donors (Lipinski definition) is 1. The van der Waals surface area contributed by atoms with Gasteiger partial charge in [0, 0.05) is 38.7 Å². The number of benzene rings is 1. The Labute approximate surface area is 157 Å². The zero-order valence-corrected chi connectivity index (χ0v) is 16.7. The zero-order valence-electron chi connectivity index (χ0n) is 15.1. The minimum absolute atomic E-state index is 0.323. The molecule has 0 aromatic heterocycles. The second-order valence-electron chi connectivity index (χ2n) is 6.69. The van der Waals surface area contributed by atoms with E-state index in [0.717, 1.165) is 48.7 Å². The Kier molecular flexibility index (Phi) is 5.74. The van der Waals surface area contributed by atoms with Crippen LogP contribution in [0, 0.1) is 5.41 Å². The molecule has 0 aliphatic carbocycles. The van der Waals surface area contributed by atoms with Gasteiger partial charge in [-0.3, -0.25) is 4.99 Å². The molecule has 1 unspecified atom stereocenters. The number of aliphatic imine (C=N–C) groups is 1. The largest absolute Gasteiger partial charge is 0.493 e. The fraction of sp³-hybridized carbons (Fsp3) is 0.611. The smallest absolute Gasteiger partial charge is 0.193 e. The summed E-state index contributed by atoms with van der Waals surface area (Å²) in [5, 5.41) is 3.47. The van der Waals surface area contributed by atoms with Crippen molar-refractivity contribution >= 4 is 21.9 Å². The third kappa shape index (κ3) is 3.87. The van der Waals surface area contributed by atoms with Crippen molar-refractivity contribution in [3.8, 4) is 11.5 Å². The zero-order chi connectivity index (χ0) is 17.9. The molecule has 1 spiro atoms. The third-order valence-corrected chi connectivity index (χ3v) is 5.67. The number of methoxy groups -OCH3 is 2. The van der Waals surface area contributed by atoms with Gasteiger partial charge >= 0.3 is 0 Å². The summed E-state index contributed by atoms with van der Waals surface area (Å²) in [5.74, 6) is 2.36. The van der Waals surface area contributed by atoms with Crippen molar-refractivity contribution < 1.29 is 14.2 Å². The van der Waals surface area contributed by atoms with Crippen molar-refractivity contribution in [3.05, 3.63) is 22.2 Å². The highest BCUT2D eigenvalue weighted by Crippen LogP contribution is 2.38. The van der Waals surface area contributed by atoms with Crippen LogP contribution in [0.3, 0.4) is 0 Å². The number of likely N-dealkylation sites (tertiary alicyclic amines) is 1. The molecule has 2 heterocycles. The van der Waals surface area contributed by atoms with Gasteiger partial charge in [0.25, 0.3) is 0 Å². The number of nitrogens with zero attached hydrogens (tertiary/aromatic N) is 2. The summed E-state index contributed by atoms with van der Waals surface area (Å²) in [4.78, 5) is 6.80. The highest BCUT2D eigenvalue weighted by atomic mass is 79.9. The van der Waals surface area contributed by atoms with Crippen LogP contribution >= 0.6 is 15.9 Å². The molecule has 2 saturated heterocycles. The van der Waals surface area contributed by atoms with E-state index >= 15 is 0 Å². The van der Waals surface area contributed by atoms with Crippen LogP contribution in [0.15, 0.2) is 21.6 Å². The van der Waals surface area contributed by atoms with Gasteiger partial charge in [-0.25, -0.2) is 0 Å². The van der Waals surface area contributed by atoms with E-state index in [1.54, 1.807) is 14.2 Å². The summed E-state index contributed by atoms with van der Waals surface area (Å²) in [7, 11) is 5.12. The van der Waals surface area contributed by atoms with Gasteiger partial charge in [0.1, 0.15) is 0 Å². The van der Waals surface area contributed by atoms with Gasteiger partial charge in [0.15, 0.2) is 17.5 Å². The Morgan fingerprint density at radius 1 is 1.36 bits per heavy atom. The van der Waals surface area contributed by atoms with E-state index in [0.29, 0.717) is 23.5 Å². The highest BCUT2D eigenvalue weighted by molar-refractivity contribution is 9.10. The quantitative estimate of drug-likeness (QED) is 0.609. The van der Waals surface area contributed by atoms with E-state index < -0.39 is 0 Å². The first-order chi connectivity index (χ1) is 12.1. The van der Waals surface area contributed by atoms with Crippen LogP contribution in [-0.2, 0) is 11.3 Å². The van der Waals surface area contributed by atoms with E-state index in [4.69, 9.17) is 14.2 Å². The Morgan fingerprint density at radius 3 is 2.84 bits per heavy atom. The summed E-state index contributed by atoms with van der Waals surface area (Å²) in [6.45, 7) is 4.48. The van der Waals surface area contributed by atoms with Crippen LogP contribution in [0.2, 0.25) is 0 Å². The van der Waals surface area contributed by atoms with Gasteiger partial charge in [-0.15, -0.1) is 0 Å². The van der Waals surface area contributed by atoms with E-state index in [-0.39, 0.29) is 0 Å². The van der Waals surface area contributed by atoms with Crippen molar-refractivity contribution in [1.29, 1.82) is 0 Å². The van der Waals surface area contributed by atoms with Gasteiger partial charge < -0.3 is 24.4 Å². The summed E-state index contributed by atoms with van der Waals surface area (Å²) in [6, 6.07) is 4.03. The Morgan fingerprint density at radius 2 is 2.20 bits per heavy atom. The maximum Gasteiger partial charge on any atom is 0.193 e. The summed E-state index contributed by atoms with van der Waals surface area (Å²) >= 11 is 3.54. The van der Waals surface area contributed by atoms with Crippen molar-refractivity contribution in [2.75, 3.05) is 47.6 Å². The Balaban J connectivity index is 1.65. The van der Waals surface area contributed by atoms with Crippen LogP contribution in [-0.4, -0.2) is 58.4 Å². The molecular weight excluding hydrogens is 386 g/mol. The lowest BCUT2D eigenvalue weighted by molar-refractivity contribution is 0.156. The van der Waals surface area contributed by atoms with E-state index in [1.165, 1.54) is 6.42 Å². The molecule has 2 aliphatic heterocycles. The van der Waals surface area contributed by atoms with Gasteiger partial charge in [-0.2, -0.15) is 0 Å². The molecule has 0 amide bonds. The minimum atomic E-state index is 0.323. The lowest BCUT2D eigenvalue weighted by Crippen LogP contribution is -2.41. The fourth-order valence-electron chi connectivity index (χ4n) is 3.67. The lowest BCUT2D eigenvalue weighted by Gasteiger charge is -2.25. The topological polar surface area (TPSA) is 55.3 Å². The Hall–Kier alpha value is -1.47. The first-order valence-electron chi connectivity index (χ1n) is 8.54. The van der Waals surface area contributed by atoms with Crippen LogP contribution in [0.25, 0.3) is 0 Å². The third-order valence-electron chi connectivity index (χ3n) is 5.08. The number of rotatable bonds is 4. The highest BCUT2D eigenvalue weighted by Gasteiger charge is 2.42. The standard InChI is InChI=1S/C18H26BrN3O3/c1-20-17(22-6-4-18(11-22)5-7-25-12-18)21-10-13-8-14(19)16(24-3)15(9-13)23-2/h8-9H,4-7,10-12H2,1-3H3,(H,20,21). The maximum absolute atomic E-state index is 5.62. The number of ether oxygens (including phenoxy) is 3. The fourth-order valence-corrected chi connectivity index (χ4v) is 4.33. The van der Waals surface area contributed by atoms with Gasteiger partial charge in [0.05, 0.1) is 25.3 Å². The second kappa shape index (κ2) is 7.83. The summed E-state index contributed by atoms with van der Waals surface area (Å²) in [5.41, 5.74) is 1.42. The lowest BCUT2D eigenvalue weighted by atomic mass is 9.87. The predicted molar refractivity (Wildman–Crippen MR) is 102 cm³/mol. The first-order valence-corrected chi connectivity index (χ1v) is 9.34. The summed E-state index contributed by atoms with van der Waals surface area (Å²) in [6.07, 6.45) is 2.33. The van der Waals surface area contributed by atoms with E-state index in [9.17, 15) is 0 Å². The molecule has 1 N–H and O–H groups in total. The molecule has 6 nitrogen and oxygen atoms in total. The number of hydrogen-bond acceptors (Lipinski definition) is 4. The SMILES string of the molecule is CN=C(NCc1cc(Br)c(OC)c(OC)c1)N1CCC2(CCOC2)C1. The Bertz CT molecular complexity index is 645. The molecule has 0 radical (unpaired) electrons. The predicted octanol–water partition coefficient (Wildman–Crippen LogP) is 2.65. The average molecular weight is 412 g/mol. The van der Waals surface area contributed by atoms with Gasteiger partial charge in [0.2, 0.25) is 0 Å². The van der Waals surface area contributed by atoms with Crippen molar-refractivity contribution in [3.63, 3.8) is 0 Å². The number of halogens is 1. The molecule has 1 aromatic rings. The molecular formula is C18H26BrN3O3. The number of nitrogens with one attached hydrogen (secondary N) is 1. The minimum Gasteiger partial charge on any atom is -0.493 e. The first kappa shape index (κ1) is 18.3. The van der Waals surface area contributed by atoms with Crippen LogP contribution in [0.4, 0.5) is 0 Å². The molecule has 7 heteroatoms. The second-order valence-corrected chi connectivity index (χ2v) is 7.54. The van der Waals surface area contributed by atoms with Crippen molar-refractivity contribution in [2.45, 2.75) is 19.4 Å². The van der Waals surface area contributed by atoms with E-state index in [1.807, 2.05) is 19.2 Å². The van der Waals surface area contributed by atoms with Gasteiger partial charge in [-0.05, 0) is 46.5 Å². The van der Waals surface area contributed by atoms with E-state index in [2.05, 4.69) is 31.1 Å².